The van der Waals surface area contributed by atoms with E-state index in [0.29, 0.717) is 25.3 Å². The molecule has 1 saturated heterocycles. The van der Waals surface area contributed by atoms with Gasteiger partial charge in [0, 0.05) is 12.2 Å². The molecule has 5 nitrogen and oxygen atoms in total. The molecule has 3 atom stereocenters. The van der Waals surface area contributed by atoms with E-state index >= 15 is 0 Å². The highest BCUT2D eigenvalue weighted by atomic mass is 16.5. The summed E-state index contributed by atoms with van der Waals surface area (Å²) in [5, 5.41) is 9.01. The number of amides is 1. The van der Waals surface area contributed by atoms with E-state index in [0.717, 1.165) is 18.5 Å². The molecule has 2 aliphatic heterocycles. The molecule has 0 radical (unpaired) electrons. The summed E-state index contributed by atoms with van der Waals surface area (Å²) in [7, 11) is 0. The largest absolute Gasteiger partial charge is 0.479 e. The number of carbonyl (C=O) groups excluding carboxylic acids is 1. The van der Waals surface area contributed by atoms with Crippen molar-refractivity contribution in [1.82, 2.24) is 0 Å². The number of ether oxygens (including phenoxy) is 1. The Morgan fingerprint density at radius 1 is 1.18 bits per heavy atom. The summed E-state index contributed by atoms with van der Waals surface area (Å²) in [5.41, 5.74) is 2.13. The lowest BCUT2D eigenvalue weighted by atomic mass is 9.96. The van der Waals surface area contributed by atoms with Gasteiger partial charge >= 0.3 is 5.97 Å². The van der Waals surface area contributed by atoms with Crippen molar-refractivity contribution in [3.8, 4) is 0 Å². The number of nitrogens with zero attached hydrogens (tertiary/aromatic N) is 1. The van der Waals surface area contributed by atoms with Gasteiger partial charge in [-0.05, 0) is 43.2 Å². The van der Waals surface area contributed by atoms with E-state index in [4.69, 9.17) is 9.84 Å². The highest BCUT2D eigenvalue weighted by molar-refractivity contribution is 5.98. The number of aliphatic carboxylic acids is 1. The molecule has 1 fully saturated rings. The van der Waals surface area contributed by atoms with Crippen LogP contribution in [0.3, 0.4) is 0 Å². The summed E-state index contributed by atoms with van der Waals surface area (Å²) >= 11 is 0. The van der Waals surface area contributed by atoms with E-state index in [1.807, 2.05) is 18.2 Å². The van der Waals surface area contributed by atoms with Gasteiger partial charge in [-0.25, -0.2) is 4.79 Å². The summed E-state index contributed by atoms with van der Waals surface area (Å²) in [4.78, 5) is 25.6. The van der Waals surface area contributed by atoms with Gasteiger partial charge in [-0.3, -0.25) is 4.79 Å². The quantitative estimate of drug-likeness (QED) is 0.911. The standard InChI is InChI=1S/C17H21NO4/c1-11-5-4-10-18(13-7-3-2-6-12(11)13)16(19)14-8-9-15(22-14)17(20)21/h2-3,6-7,11,14-15H,4-5,8-10H2,1H3,(H,20,21)/t11?,14-,15+/m0/s1. The van der Waals surface area contributed by atoms with E-state index < -0.39 is 18.2 Å². The Bertz CT molecular complexity index is 586. The molecule has 118 valence electrons. The zero-order chi connectivity index (χ0) is 15.7. The first-order chi connectivity index (χ1) is 10.6. The summed E-state index contributed by atoms with van der Waals surface area (Å²) in [6.45, 7) is 2.84. The molecule has 1 aromatic carbocycles. The molecule has 0 aromatic heterocycles. The van der Waals surface area contributed by atoms with E-state index in [-0.39, 0.29) is 5.91 Å². The Morgan fingerprint density at radius 2 is 1.91 bits per heavy atom. The predicted octanol–water partition coefficient (Wildman–Crippen LogP) is 2.55. The Labute approximate surface area is 129 Å². The van der Waals surface area contributed by atoms with Gasteiger partial charge in [-0.1, -0.05) is 25.1 Å². The van der Waals surface area contributed by atoms with Gasteiger partial charge in [0.15, 0.2) is 6.10 Å². The number of benzene rings is 1. The molecule has 2 heterocycles. The Morgan fingerprint density at radius 3 is 2.64 bits per heavy atom. The van der Waals surface area contributed by atoms with Crippen LogP contribution in [0.2, 0.25) is 0 Å². The molecule has 1 N–H and O–H groups in total. The van der Waals surface area contributed by atoms with Crippen LogP contribution in [0, 0.1) is 0 Å². The first kappa shape index (κ1) is 15.0. The first-order valence-corrected chi connectivity index (χ1v) is 7.86. The second-order valence-electron chi connectivity index (χ2n) is 6.12. The molecule has 0 bridgehead atoms. The molecule has 1 amide bonds. The number of carboxylic acids is 1. The lowest BCUT2D eigenvalue weighted by Gasteiger charge is -2.26. The van der Waals surface area contributed by atoms with Crippen LogP contribution in [-0.2, 0) is 14.3 Å². The summed E-state index contributed by atoms with van der Waals surface area (Å²) in [6, 6.07) is 7.97. The summed E-state index contributed by atoms with van der Waals surface area (Å²) in [5.74, 6) is -0.671. The topological polar surface area (TPSA) is 66.8 Å². The van der Waals surface area contributed by atoms with Crippen LogP contribution in [0.5, 0.6) is 0 Å². The molecule has 5 heteroatoms. The fraction of sp³-hybridized carbons (Fsp3) is 0.529. The molecular weight excluding hydrogens is 282 g/mol. The minimum Gasteiger partial charge on any atom is -0.479 e. The van der Waals surface area contributed by atoms with Crippen LogP contribution in [0.4, 0.5) is 5.69 Å². The molecule has 1 aromatic rings. The van der Waals surface area contributed by atoms with Crippen molar-refractivity contribution in [2.75, 3.05) is 11.4 Å². The van der Waals surface area contributed by atoms with Crippen LogP contribution in [0.1, 0.15) is 44.1 Å². The highest BCUT2D eigenvalue weighted by Crippen LogP contribution is 2.35. The second-order valence-corrected chi connectivity index (χ2v) is 6.12. The minimum absolute atomic E-state index is 0.106. The normalized spacial score (nSPS) is 28.0. The van der Waals surface area contributed by atoms with Gasteiger partial charge in [0.05, 0.1) is 0 Å². The molecule has 1 unspecified atom stereocenters. The fourth-order valence-electron chi connectivity index (χ4n) is 3.38. The second kappa shape index (κ2) is 6.08. The zero-order valence-electron chi connectivity index (χ0n) is 12.7. The van der Waals surface area contributed by atoms with E-state index in [9.17, 15) is 9.59 Å². The number of fused-ring (bicyclic) bond motifs is 1. The number of rotatable bonds is 2. The van der Waals surface area contributed by atoms with Gasteiger partial charge < -0.3 is 14.7 Å². The van der Waals surface area contributed by atoms with Crippen LogP contribution < -0.4 is 4.90 Å². The van der Waals surface area contributed by atoms with Crippen molar-refractivity contribution in [2.45, 2.75) is 50.7 Å². The maximum atomic E-state index is 12.8. The van der Waals surface area contributed by atoms with Crippen molar-refractivity contribution in [3.05, 3.63) is 29.8 Å². The number of para-hydroxylation sites is 1. The zero-order valence-corrected chi connectivity index (χ0v) is 12.7. The monoisotopic (exact) mass is 303 g/mol. The third kappa shape index (κ3) is 2.73. The molecule has 0 aliphatic carbocycles. The van der Waals surface area contributed by atoms with Gasteiger partial charge in [0.25, 0.3) is 5.91 Å². The first-order valence-electron chi connectivity index (χ1n) is 7.86. The molecule has 2 aliphatic rings. The Hall–Kier alpha value is -1.88. The average molecular weight is 303 g/mol. The number of hydrogen-bond acceptors (Lipinski definition) is 3. The number of anilines is 1. The van der Waals surface area contributed by atoms with E-state index in [1.54, 1.807) is 4.90 Å². The van der Waals surface area contributed by atoms with Crippen LogP contribution in [0.15, 0.2) is 24.3 Å². The van der Waals surface area contributed by atoms with Crippen LogP contribution in [-0.4, -0.2) is 35.7 Å². The maximum Gasteiger partial charge on any atom is 0.332 e. The Balaban J connectivity index is 1.83. The third-order valence-corrected chi connectivity index (χ3v) is 4.61. The van der Waals surface area contributed by atoms with Crippen molar-refractivity contribution in [1.29, 1.82) is 0 Å². The lowest BCUT2D eigenvalue weighted by Crippen LogP contribution is -2.40. The molecular formula is C17H21NO4. The van der Waals surface area contributed by atoms with Crippen molar-refractivity contribution < 1.29 is 19.4 Å². The molecule has 0 spiro atoms. The average Bonchev–Trinajstić information content (AvgIpc) is 2.95. The maximum absolute atomic E-state index is 12.8. The minimum atomic E-state index is -0.986. The van der Waals surface area contributed by atoms with E-state index in [1.165, 1.54) is 5.56 Å². The van der Waals surface area contributed by atoms with Gasteiger partial charge in [0.1, 0.15) is 6.10 Å². The number of carbonyl (C=O) groups is 2. The smallest absolute Gasteiger partial charge is 0.332 e. The molecule has 0 saturated carbocycles. The third-order valence-electron chi connectivity index (χ3n) is 4.61. The van der Waals surface area contributed by atoms with Crippen molar-refractivity contribution >= 4 is 17.6 Å². The molecule has 3 rings (SSSR count). The predicted molar refractivity (Wildman–Crippen MR) is 82.0 cm³/mol. The Kier molecular flexibility index (Phi) is 4.16. The van der Waals surface area contributed by atoms with Gasteiger partial charge in [0.2, 0.25) is 0 Å². The number of carboxylic acid groups (broad SMARTS) is 1. The van der Waals surface area contributed by atoms with Gasteiger partial charge in [-0.15, -0.1) is 0 Å². The summed E-state index contributed by atoms with van der Waals surface area (Å²) < 4.78 is 5.43. The molecule has 22 heavy (non-hydrogen) atoms. The van der Waals surface area contributed by atoms with Gasteiger partial charge in [-0.2, -0.15) is 0 Å². The van der Waals surface area contributed by atoms with Crippen molar-refractivity contribution in [3.63, 3.8) is 0 Å². The summed E-state index contributed by atoms with van der Waals surface area (Å²) in [6.07, 6.45) is 1.38. The van der Waals surface area contributed by atoms with Crippen LogP contribution in [0.25, 0.3) is 0 Å². The van der Waals surface area contributed by atoms with Crippen LogP contribution >= 0.6 is 0 Å². The fourth-order valence-corrected chi connectivity index (χ4v) is 3.38. The van der Waals surface area contributed by atoms with E-state index in [2.05, 4.69) is 13.0 Å². The lowest BCUT2D eigenvalue weighted by molar-refractivity contribution is -0.151. The highest BCUT2D eigenvalue weighted by Gasteiger charge is 2.38. The number of hydrogen-bond donors (Lipinski definition) is 1. The van der Waals surface area contributed by atoms with Crippen molar-refractivity contribution in [2.24, 2.45) is 0 Å². The SMILES string of the molecule is CC1CCCN(C(=O)[C@@H]2CC[C@H](C(=O)O)O2)c2ccccc21.